The van der Waals surface area contributed by atoms with Crippen LogP contribution in [0.1, 0.15) is 18.1 Å². The highest BCUT2D eigenvalue weighted by Gasteiger charge is 2.55. The van der Waals surface area contributed by atoms with E-state index in [2.05, 4.69) is 0 Å². The molecule has 0 saturated heterocycles. The summed E-state index contributed by atoms with van der Waals surface area (Å²) < 4.78 is 39.4. The zero-order valence-corrected chi connectivity index (χ0v) is 13.3. The van der Waals surface area contributed by atoms with Gasteiger partial charge in [-0.25, -0.2) is 0 Å². The molecule has 1 amide bonds. The molecular weight excluding hydrogens is 317 g/mol. The summed E-state index contributed by atoms with van der Waals surface area (Å²) in [4.78, 5) is 13.6. The van der Waals surface area contributed by atoms with E-state index in [0.717, 1.165) is 16.0 Å². The van der Waals surface area contributed by atoms with E-state index in [1.807, 2.05) is 0 Å². The fourth-order valence-electron chi connectivity index (χ4n) is 2.26. The Morgan fingerprint density at radius 3 is 1.62 bits per heavy atom. The van der Waals surface area contributed by atoms with Gasteiger partial charge in [-0.05, 0) is 18.1 Å². The molecule has 0 aliphatic carbocycles. The Kier molecular flexibility index (Phi) is 5.29. The first-order chi connectivity index (χ1) is 11.2. The van der Waals surface area contributed by atoms with Crippen LogP contribution in [0.3, 0.4) is 0 Å². The molecule has 0 fully saturated rings. The summed E-state index contributed by atoms with van der Waals surface area (Å²) >= 11 is 0. The van der Waals surface area contributed by atoms with E-state index in [9.17, 15) is 18.0 Å². The maximum Gasteiger partial charge on any atom is 0.415 e. The SMILES string of the molecule is CC(N)(C(=O)N(Cc1ccccc1)Cc1ccccc1)C(F)(F)F. The first kappa shape index (κ1) is 18.0. The Balaban J connectivity index is 2.30. The van der Waals surface area contributed by atoms with Gasteiger partial charge in [-0.1, -0.05) is 60.7 Å². The summed E-state index contributed by atoms with van der Waals surface area (Å²) in [5.41, 5.74) is 3.87. The van der Waals surface area contributed by atoms with Crippen molar-refractivity contribution >= 4 is 5.91 Å². The van der Waals surface area contributed by atoms with Crippen LogP contribution in [0.25, 0.3) is 0 Å². The molecular formula is C18H19F3N2O. The van der Waals surface area contributed by atoms with Crippen LogP contribution in [0, 0.1) is 0 Å². The fourth-order valence-corrected chi connectivity index (χ4v) is 2.26. The van der Waals surface area contributed by atoms with Crippen LogP contribution < -0.4 is 5.73 Å². The van der Waals surface area contributed by atoms with Crippen LogP contribution in [-0.2, 0) is 17.9 Å². The Morgan fingerprint density at radius 1 is 0.917 bits per heavy atom. The lowest BCUT2D eigenvalue weighted by Gasteiger charge is -2.33. The van der Waals surface area contributed by atoms with Crippen molar-refractivity contribution in [3.63, 3.8) is 0 Å². The molecule has 24 heavy (non-hydrogen) atoms. The van der Waals surface area contributed by atoms with E-state index in [-0.39, 0.29) is 13.1 Å². The predicted octanol–water partition coefficient (Wildman–Crippen LogP) is 3.50. The number of rotatable bonds is 5. The third kappa shape index (κ3) is 4.14. The topological polar surface area (TPSA) is 46.3 Å². The highest BCUT2D eigenvalue weighted by atomic mass is 19.4. The van der Waals surface area contributed by atoms with Crippen LogP contribution in [0.15, 0.2) is 60.7 Å². The van der Waals surface area contributed by atoms with Gasteiger partial charge in [0.2, 0.25) is 0 Å². The second-order valence-corrected chi connectivity index (χ2v) is 5.83. The number of hydrogen-bond donors (Lipinski definition) is 1. The maximum atomic E-state index is 13.1. The summed E-state index contributed by atoms with van der Waals surface area (Å²) in [6, 6.07) is 17.7. The zero-order valence-electron chi connectivity index (χ0n) is 13.3. The molecule has 0 aliphatic heterocycles. The summed E-state index contributed by atoms with van der Waals surface area (Å²) in [5, 5.41) is 0. The van der Waals surface area contributed by atoms with Crippen molar-refractivity contribution in [2.45, 2.75) is 31.7 Å². The Labute approximate surface area is 138 Å². The second-order valence-electron chi connectivity index (χ2n) is 5.83. The molecule has 128 valence electrons. The van der Waals surface area contributed by atoms with Crippen LogP contribution in [0.5, 0.6) is 0 Å². The lowest BCUT2D eigenvalue weighted by Crippen LogP contribution is -2.61. The highest BCUT2D eigenvalue weighted by molar-refractivity contribution is 5.86. The predicted molar refractivity (Wildman–Crippen MR) is 85.8 cm³/mol. The van der Waals surface area contributed by atoms with Gasteiger partial charge in [0, 0.05) is 13.1 Å². The van der Waals surface area contributed by atoms with Gasteiger partial charge in [-0.3, -0.25) is 4.79 Å². The number of halogens is 3. The van der Waals surface area contributed by atoms with Crippen LogP contribution >= 0.6 is 0 Å². The number of benzene rings is 2. The summed E-state index contributed by atoms with van der Waals surface area (Å²) in [5.74, 6) is -1.15. The lowest BCUT2D eigenvalue weighted by atomic mass is 10.00. The molecule has 0 bridgehead atoms. The molecule has 0 radical (unpaired) electrons. The third-order valence-corrected chi connectivity index (χ3v) is 3.75. The van der Waals surface area contributed by atoms with E-state index < -0.39 is 17.6 Å². The number of hydrogen-bond acceptors (Lipinski definition) is 2. The van der Waals surface area contributed by atoms with Gasteiger partial charge in [0.15, 0.2) is 5.54 Å². The summed E-state index contributed by atoms with van der Waals surface area (Å²) in [6.07, 6.45) is -4.82. The molecule has 1 atom stereocenters. The quantitative estimate of drug-likeness (QED) is 0.908. The standard InChI is InChI=1S/C18H19F3N2O/c1-17(22,18(19,20)21)16(24)23(12-14-8-4-2-5-9-14)13-15-10-6-3-7-11-15/h2-11H,12-13,22H2,1H3. The smallest absolute Gasteiger partial charge is 0.332 e. The van der Waals surface area contributed by atoms with E-state index in [4.69, 9.17) is 5.73 Å². The highest BCUT2D eigenvalue weighted by Crippen LogP contribution is 2.30. The van der Waals surface area contributed by atoms with Crippen molar-refractivity contribution in [2.24, 2.45) is 5.73 Å². The van der Waals surface area contributed by atoms with Crippen LogP contribution in [0.2, 0.25) is 0 Å². The molecule has 0 saturated carbocycles. The minimum atomic E-state index is -4.82. The van der Waals surface area contributed by atoms with E-state index in [1.165, 1.54) is 0 Å². The monoisotopic (exact) mass is 336 g/mol. The zero-order chi connectivity index (χ0) is 17.8. The average Bonchev–Trinajstić information content (AvgIpc) is 2.54. The van der Waals surface area contributed by atoms with Crippen molar-refractivity contribution < 1.29 is 18.0 Å². The molecule has 1 unspecified atom stereocenters. The molecule has 2 N–H and O–H groups in total. The average molecular weight is 336 g/mol. The fraction of sp³-hybridized carbons (Fsp3) is 0.278. The maximum absolute atomic E-state index is 13.1. The van der Waals surface area contributed by atoms with Gasteiger partial charge >= 0.3 is 6.18 Å². The number of carbonyl (C=O) groups excluding carboxylic acids is 1. The number of nitrogens with zero attached hydrogens (tertiary/aromatic N) is 1. The summed E-state index contributed by atoms with van der Waals surface area (Å²) in [7, 11) is 0. The number of alkyl halides is 3. The minimum Gasteiger partial charge on any atom is -0.332 e. The molecule has 6 heteroatoms. The van der Waals surface area contributed by atoms with Gasteiger partial charge in [-0.15, -0.1) is 0 Å². The first-order valence-corrected chi connectivity index (χ1v) is 7.44. The number of carbonyl (C=O) groups is 1. The molecule has 0 aromatic heterocycles. The Bertz CT molecular complexity index is 628. The van der Waals surface area contributed by atoms with Crippen molar-refractivity contribution in [3.05, 3.63) is 71.8 Å². The van der Waals surface area contributed by atoms with Gasteiger partial charge in [0.25, 0.3) is 5.91 Å². The molecule has 2 rings (SSSR count). The molecule has 2 aromatic carbocycles. The Morgan fingerprint density at radius 2 is 1.29 bits per heavy atom. The Hall–Kier alpha value is -2.34. The van der Waals surface area contributed by atoms with Crippen molar-refractivity contribution in [2.75, 3.05) is 0 Å². The molecule has 0 spiro atoms. The molecule has 0 aliphatic rings. The summed E-state index contributed by atoms with van der Waals surface area (Å²) in [6.45, 7) is 0.813. The van der Waals surface area contributed by atoms with Crippen LogP contribution in [0.4, 0.5) is 13.2 Å². The van der Waals surface area contributed by atoms with Crippen molar-refractivity contribution in [1.29, 1.82) is 0 Å². The van der Waals surface area contributed by atoms with Gasteiger partial charge in [-0.2, -0.15) is 13.2 Å². The minimum absolute atomic E-state index is 0.0530. The van der Waals surface area contributed by atoms with Gasteiger partial charge in [0.1, 0.15) is 0 Å². The molecule has 2 aromatic rings. The van der Waals surface area contributed by atoms with Gasteiger partial charge < -0.3 is 10.6 Å². The van der Waals surface area contributed by atoms with Crippen LogP contribution in [-0.4, -0.2) is 22.5 Å². The van der Waals surface area contributed by atoms with Crippen molar-refractivity contribution in [1.82, 2.24) is 4.90 Å². The number of nitrogens with two attached hydrogens (primary N) is 1. The lowest BCUT2D eigenvalue weighted by molar-refractivity contribution is -0.194. The molecule has 3 nitrogen and oxygen atoms in total. The molecule has 0 heterocycles. The second kappa shape index (κ2) is 7.05. The van der Waals surface area contributed by atoms with Gasteiger partial charge in [0.05, 0.1) is 0 Å². The van der Waals surface area contributed by atoms with E-state index in [1.54, 1.807) is 60.7 Å². The largest absolute Gasteiger partial charge is 0.415 e. The number of amides is 1. The van der Waals surface area contributed by atoms with E-state index in [0.29, 0.717) is 6.92 Å². The van der Waals surface area contributed by atoms with E-state index >= 15 is 0 Å². The normalized spacial score (nSPS) is 14.0. The first-order valence-electron chi connectivity index (χ1n) is 7.44. The van der Waals surface area contributed by atoms with Crippen molar-refractivity contribution in [3.8, 4) is 0 Å². The third-order valence-electron chi connectivity index (χ3n) is 3.75.